The Morgan fingerprint density at radius 1 is 0.814 bits per heavy atom. The van der Waals surface area contributed by atoms with Crippen molar-refractivity contribution in [2.75, 3.05) is 52.5 Å². The SMILES string of the molecule is O=C(Cc1ccc(NCS(=O)[O-])cc1)Nc1ccc(-c2ccc3ncc(N4CCN(c5ccncc5)CC4)nc3c2)cc1. The lowest BCUT2D eigenvalue weighted by Crippen LogP contribution is -2.46. The van der Waals surface area contributed by atoms with Crippen LogP contribution in [0.5, 0.6) is 0 Å². The molecule has 218 valence electrons. The highest BCUT2D eigenvalue weighted by Gasteiger charge is 2.19. The number of hydrogen-bond acceptors (Lipinski definition) is 9. The minimum atomic E-state index is -2.17. The van der Waals surface area contributed by atoms with Gasteiger partial charge in [0.1, 0.15) is 5.82 Å². The van der Waals surface area contributed by atoms with Crippen LogP contribution in [0, 0.1) is 0 Å². The lowest BCUT2D eigenvalue weighted by Gasteiger charge is -2.36. The van der Waals surface area contributed by atoms with E-state index in [4.69, 9.17) is 4.98 Å². The monoisotopic (exact) mass is 592 g/mol. The number of benzene rings is 3. The van der Waals surface area contributed by atoms with Gasteiger partial charge in [0.15, 0.2) is 0 Å². The van der Waals surface area contributed by atoms with E-state index in [9.17, 15) is 13.6 Å². The van der Waals surface area contributed by atoms with E-state index in [-0.39, 0.29) is 18.2 Å². The summed E-state index contributed by atoms with van der Waals surface area (Å²) in [4.78, 5) is 31.0. The third-order valence-corrected chi connectivity index (χ3v) is 7.76. The molecule has 43 heavy (non-hydrogen) atoms. The minimum absolute atomic E-state index is 0.135. The van der Waals surface area contributed by atoms with Gasteiger partial charge in [0.25, 0.3) is 0 Å². The number of aromatic nitrogens is 3. The van der Waals surface area contributed by atoms with Crippen LogP contribution in [0.1, 0.15) is 5.56 Å². The average Bonchev–Trinajstić information content (AvgIpc) is 3.05. The Morgan fingerprint density at radius 3 is 2.21 bits per heavy atom. The molecule has 0 aliphatic carbocycles. The summed E-state index contributed by atoms with van der Waals surface area (Å²) in [6.45, 7) is 3.54. The number of nitrogens with zero attached hydrogens (tertiary/aromatic N) is 5. The zero-order valence-electron chi connectivity index (χ0n) is 23.3. The molecule has 0 bridgehead atoms. The number of amides is 1. The molecule has 3 aromatic carbocycles. The predicted molar refractivity (Wildman–Crippen MR) is 170 cm³/mol. The fourth-order valence-corrected chi connectivity index (χ4v) is 5.39. The van der Waals surface area contributed by atoms with Gasteiger partial charge in [-0.25, -0.2) is 4.98 Å². The number of piperazine rings is 1. The number of pyridine rings is 1. The van der Waals surface area contributed by atoms with Crippen molar-refractivity contribution < 1.29 is 13.6 Å². The molecule has 0 radical (unpaired) electrons. The lowest BCUT2D eigenvalue weighted by atomic mass is 10.0. The molecule has 11 heteroatoms. The van der Waals surface area contributed by atoms with Crippen molar-refractivity contribution in [2.45, 2.75) is 6.42 Å². The van der Waals surface area contributed by atoms with Gasteiger partial charge < -0.3 is 25.0 Å². The number of carbonyl (C=O) groups is 1. The summed E-state index contributed by atoms with van der Waals surface area (Å²) in [6, 6.07) is 25.0. The molecule has 1 atom stereocenters. The van der Waals surface area contributed by atoms with Gasteiger partial charge in [0.2, 0.25) is 5.91 Å². The van der Waals surface area contributed by atoms with E-state index in [2.05, 4.69) is 36.5 Å². The largest absolute Gasteiger partial charge is 0.771 e. The van der Waals surface area contributed by atoms with E-state index >= 15 is 0 Å². The molecular formula is C32H30N7O3S-. The first-order valence-electron chi connectivity index (χ1n) is 14.0. The van der Waals surface area contributed by atoms with Crippen LogP contribution in [0.15, 0.2) is 97.5 Å². The Balaban J connectivity index is 1.07. The molecule has 0 spiro atoms. The second kappa shape index (κ2) is 13.0. The molecule has 1 amide bonds. The second-order valence-electron chi connectivity index (χ2n) is 10.2. The fourth-order valence-electron chi connectivity index (χ4n) is 5.10. The van der Waals surface area contributed by atoms with Crippen LogP contribution in [0.2, 0.25) is 0 Å². The van der Waals surface area contributed by atoms with Gasteiger partial charge in [-0.1, -0.05) is 30.3 Å². The van der Waals surface area contributed by atoms with E-state index < -0.39 is 11.1 Å². The first-order chi connectivity index (χ1) is 21.0. The molecule has 2 N–H and O–H groups in total. The molecular weight excluding hydrogens is 562 g/mol. The third kappa shape index (κ3) is 7.14. The van der Waals surface area contributed by atoms with Gasteiger partial charge in [0, 0.05) is 55.6 Å². The molecule has 1 fully saturated rings. The van der Waals surface area contributed by atoms with Crippen molar-refractivity contribution in [3.05, 3.63) is 103 Å². The highest BCUT2D eigenvalue weighted by Crippen LogP contribution is 2.26. The first kappa shape index (κ1) is 28.3. The van der Waals surface area contributed by atoms with Crippen LogP contribution in [-0.4, -0.2) is 61.7 Å². The highest BCUT2D eigenvalue weighted by atomic mass is 32.2. The molecule has 0 saturated carbocycles. The molecule has 1 unspecified atom stereocenters. The smallest absolute Gasteiger partial charge is 0.228 e. The number of nitrogens with one attached hydrogen (secondary N) is 2. The van der Waals surface area contributed by atoms with Crippen molar-refractivity contribution in [2.24, 2.45) is 0 Å². The molecule has 10 nitrogen and oxygen atoms in total. The maximum Gasteiger partial charge on any atom is 0.228 e. The Bertz CT molecular complexity index is 1730. The van der Waals surface area contributed by atoms with Crippen LogP contribution >= 0.6 is 0 Å². The van der Waals surface area contributed by atoms with Crippen LogP contribution < -0.4 is 20.4 Å². The number of anilines is 4. The van der Waals surface area contributed by atoms with Gasteiger partial charge in [-0.3, -0.25) is 19.0 Å². The predicted octanol–water partition coefficient (Wildman–Crippen LogP) is 4.45. The summed E-state index contributed by atoms with van der Waals surface area (Å²) in [6.07, 6.45) is 5.71. The van der Waals surface area contributed by atoms with E-state index in [0.29, 0.717) is 11.4 Å². The zero-order chi connectivity index (χ0) is 29.6. The lowest BCUT2D eigenvalue weighted by molar-refractivity contribution is -0.115. The van der Waals surface area contributed by atoms with Crippen molar-refractivity contribution in [1.82, 2.24) is 15.0 Å². The Hall–Kier alpha value is -4.87. The standard InChI is InChI=1S/C32H31N7O3S/c40-32(19-23-1-6-26(7-2-23)35-22-43(41)42)36-27-8-3-24(4-9-27)25-5-10-29-30(20-25)37-31(21-34-29)39-17-15-38(16-18-39)28-11-13-33-14-12-28/h1-14,20-21,35H,15-19,22H2,(H,36,40)(H,41,42)/p-1. The number of rotatable bonds is 9. The van der Waals surface area contributed by atoms with Crippen molar-refractivity contribution in [3.8, 4) is 11.1 Å². The van der Waals surface area contributed by atoms with Gasteiger partial charge in [-0.2, -0.15) is 0 Å². The molecule has 1 saturated heterocycles. The van der Waals surface area contributed by atoms with Crippen LogP contribution in [-0.2, 0) is 22.3 Å². The quantitative estimate of drug-likeness (QED) is 0.239. The van der Waals surface area contributed by atoms with Gasteiger partial charge in [-0.15, -0.1) is 0 Å². The summed E-state index contributed by atoms with van der Waals surface area (Å²) >= 11 is -2.17. The van der Waals surface area contributed by atoms with Gasteiger partial charge >= 0.3 is 0 Å². The summed E-state index contributed by atoms with van der Waals surface area (Å²) in [5.41, 5.74) is 7.12. The topological polar surface area (TPSA) is 126 Å². The molecule has 6 rings (SSSR count). The average molecular weight is 593 g/mol. The molecule has 1 aliphatic heterocycles. The Kier molecular flexibility index (Phi) is 8.52. The maximum absolute atomic E-state index is 12.6. The number of fused-ring (bicyclic) bond motifs is 1. The van der Waals surface area contributed by atoms with Crippen molar-refractivity contribution in [1.29, 1.82) is 0 Å². The van der Waals surface area contributed by atoms with Gasteiger partial charge in [-0.05, 0) is 76.3 Å². The first-order valence-corrected chi connectivity index (χ1v) is 15.2. The summed E-state index contributed by atoms with van der Waals surface area (Å²) in [5, 5.41) is 5.73. The summed E-state index contributed by atoms with van der Waals surface area (Å²) in [5.74, 6) is 0.584. The van der Waals surface area contributed by atoms with E-state index in [1.807, 2.05) is 67.1 Å². The molecule has 2 aromatic heterocycles. The van der Waals surface area contributed by atoms with E-state index in [1.54, 1.807) is 24.3 Å². The third-order valence-electron chi connectivity index (χ3n) is 7.38. The normalized spacial score (nSPS) is 14.0. The van der Waals surface area contributed by atoms with Crippen LogP contribution in [0.4, 0.5) is 22.9 Å². The van der Waals surface area contributed by atoms with Crippen molar-refractivity contribution in [3.63, 3.8) is 0 Å². The Labute approximate surface area is 252 Å². The fraction of sp³-hybridized carbons (Fsp3) is 0.188. The van der Waals surface area contributed by atoms with E-state index in [1.165, 1.54) is 5.69 Å². The van der Waals surface area contributed by atoms with Gasteiger partial charge in [0.05, 0.1) is 29.5 Å². The molecule has 3 heterocycles. The van der Waals surface area contributed by atoms with Crippen molar-refractivity contribution >= 4 is 50.9 Å². The number of carbonyl (C=O) groups excluding carboxylic acids is 1. The minimum Gasteiger partial charge on any atom is -0.771 e. The molecule has 5 aromatic rings. The summed E-state index contributed by atoms with van der Waals surface area (Å²) in [7, 11) is 0. The molecule has 1 aliphatic rings. The zero-order valence-corrected chi connectivity index (χ0v) is 24.2. The Morgan fingerprint density at radius 2 is 1.49 bits per heavy atom. The number of hydrogen-bond donors (Lipinski definition) is 2. The summed E-state index contributed by atoms with van der Waals surface area (Å²) < 4.78 is 21.4. The highest BCUT2D eigenvalue weighted by molar-refractivity contribution is 7.79. The van der Waals surface area contributed by atoms with Crippen LogP contribution in [0.3, 0.4) is 0 Å². The van der Waals surface area contributed by atoms with E-state index in [0.717, 1.165) is 59.7 Å². The van der Waals surface area contributed by atoms with Crippen LogP contribution in [0.25, 0.3) is 22.2 Å². The maximum atomic E-state index is 12.6. The second-order valence-corrected chi connectivity index (χ2v) is 11.1.